The maximum atomic E-state index is 12.8. The third-order valence-electron chi connectivity index (χ3n) is 7.27. The van der Waals surface area contributed by atoms with E-state index in [0.717, 1.165) is 24.1 Å². The summed E-state index contributed by atoms with van der Waals surface area (Å²) in [5, 5.41) is 2.97. The number of imidazole rings is 1. The van der Waals surface area contributed by atoms with Gasteiger partial charge in [-0.3, -0.25) is 9.59 Å². The van der Waals surface area contributed by atoms with Crippen LogP contribution in [0.15, 0.2) is 55.0 Å². The van der Waals surface area contributed by atoms with Crippen LogP contribution in [0.25, 0.3) is 5.65 Å². The van der Waals surface area contributed by atoms with Crippen LogP contribution < -0.4 is 5.32 Å². The zero-order valence-electron chi connectivity index (χ0n) is 19.6. The number of sulfone groups is 1. The van der Waals surface area contributed by atoms with Gasteiger partial charge in [-0.25, -0.2) is 13.4 Å². The average Bonchev–Trinajstić information content (AvgIpc) is 3.35. The monoisotopic (exact) mass is 494 g/mol. The smallest absolute Gasteiger partial charge is 0.251 e. The number of pyridine rings is 1. The van der Waals surface area contributed by atoms with Crippen LogP contribution in [0, 0.1) is 5.92 Å². The van der Waals surface area contributed by atoms with Crippen molar-refractivity contribution in [1.82, 2.24) is 19.6 Å². The molecule has 2 aromatic heterocycles. The van der Waals surface area contributed by atoms with Crippen LogP contribution in [-0.4, -0.2) is 59.1 Å². The lowest BCUT2D eigenvalue weighted by molar-refractivity contribution is -0.136. The summed E-state index contributed by atoms with van der Waals surface area (Å²) in [4.78, 5) is 31.6. The third-order valence-corrected chi connectivity index (χ3v) is 8.99. The predicted molar refractivity (Wildman–Crippen MR) is 133 cm³/mol. The minimum atomic E-state index is -2.96. The van der Waals surface area contributed by atoms with Gasteiger partial charge in [-0.2, -0.15) is 0 Å². The molecule has 0 atom stereocenters. The number of piperidine rings is 1. The van der Waals surface area contributed by atoms with E-state index in [0.29, 0.717) is 44.0 Å². The number of hydrogen-bond acceptors (Lipinski definition) is 5. The summed E-state index contributed by atoms with van der Waals surface area (Å²) in [5.74, 6) is 0.435. The lowest BCUT2D eigenvalue weighted by Crippen LogP contribution is -2.43. The van der Waals surface area contributed by atoms with Gasteiger partial charge in [-0.05, 0) is 67.0 Å². The van der Waals surface area contributed by atoms with Crippen LogP contribution in [0.3, 0.4) is 0 Å². The Morgan fingerprint density at radius 3 is 2.40 bits per heavy atom. The standard InChI is InChI=1S/C26H30N4O4S/c31-25(28-18-19-5-11-29-14-10-27-24(29)17-19)22-3-1-20(2-4-22)21-6-12-30(13-7-21)26(32)23-8-15-35(33,34)16-9-23/h1-5,10-11,14,17,21,23H,6-9,12-13,15-16,18H2,(H,28,31). The first kappa shape index (κ1) is 23.5. The molecule has 2 amide bonds. The van der Waals surface area contributed by atoms with Gasteiger partial charge in [-0.1, -0.05) is 12.1 Å². The maximum Gasteiger partial charge on any atom is 0.251 e. The first-order valence-corrected chi connectivity index (χ1v) is 14.0. The number of likely N-dealkylation sites (tertiary alicyclic amines) is 1. The minimum absolute atomic E-state index is 0.109. The van der Waals surface area contributed by atoms with E-state index in [1.165, 1.54) is 5.56 Å². The summed E-state index contributed by atoms with van der Waals surface area (Å²) < 4.78 is 25.2. The molecule has 8 nitrogen and oxygen atoms in total. The van der Waals surface area contributed by atoms with Crippen molar-refractivity contribution in [3.8, 4) is 0 Å². The van der Waals surface area contributed by atoms with E-state index in [1.807, 2.05) is 58.1 Å². The average molecular weight is 495 g/mol. The Labute approximate surface area is 205 Å². The number of carbonyl (C=O) groups excluding carboxylic acids is 2. The molecule has 2 aliphatic heterocycles. The van der Waals surface area contributed by atoms with Crippen molar-refractivity contribution in [2.75, 3.05) is 24.6 Å². The fourth-order valence-electron chi connectivity index (χ4n) is 5.08. The topological polar surface area (TPSA) is 101 Å². The molecule has 35 heavy (non-hydrogen) atoms. The molecule has 1 N–H and O–H groups in total. The van der Waals surface area contributed by atoms with Crippen LogP contribution in [-0.2, 0) is 21.2 Å². The number of carbonyl (C=O) groups is 2. The van der Waals surface area contributed by atoms with Crippen molar-refractivity contribution >= 4 is 27.3 Å². The molecule has 2 fully saturated rings. The largest absolute Gasteiger partial charge is 0.348 e. The van der Waals surface area contributed by atoms with Crippen molar-refractivity contribution < 1.29 is 18.0 Å². The number of nitrogens with zero attached hydrogens (tertiary/aromatic N) is 3. The second kappa shape index (κ2) is 9.81. The summed E-state index contributed by atoms with van der Waals surface area (Å²) in [7, 11) is -2.96. The Bertz CT molecular complexity index is 1310. The molecule has 0 saturated carbocycles. The zero-order chi connectivity index (χ0) is 24.4. The van der Waals surface area contributed by atoms with E-state index in [2.05, 4.69) is 10.3 Å². The van der Waals surface area contributed by atoms with Gasteiger partial charge in [0, 0.05) is 49.7 Å². The molecule has 0 bridgehead atoms. The fourth-order valence-corrected chi connectivity index (χ4v) is 6.57. The summed E-state index contributed by atoms with van der Waals surface area (Å²) in [6.45, 7) is 1.81. The Hall–Kier alpha value is -3.20. The quantitative estimate of drug-likeness (QED) is 0.588. The lowest BCUT2D eigenvalue weighted by Gasteiger charge is -2.35. The van der Waals surface area contributed by atoms with Crippen molar-refractivity contribution in [1.29, 1.82) is 0 Å². The van der Waals surface area contributed by atoms with Crippen molar-refractivity contribution in [2.24, 2.45) is 5.92 Å². The number of nitrogens with one attached hydrogen (secondary N) is 1. The maximum absolute atomic E-state index is 12.8. The van der Waals surface area contributed by atoms with E-state index >= 15 is 0 Å². The van der Waals surface area contributed by atoms with E-state index < -0.39 is 9.84 Å². The van der Waals surface area contributed by atoms with Crippen LogP contribution in [0.2, 0.25) is 0 Å². The van der Waals surface area contributed by atoms with E-state index in [-0.39, 0.29) is 29.2 Å². The number of amides is 2. The summed E-state index contributed by atoms with van der Waals surface area (Å²) in [6.07, 6.45) is 8.19. The van der Waals surface area contributed by atoms with Crippen molar-refractivity contribution in [2.45, 2.75) is 38.1 Å². The number of aromatic nitrogens is 2. The molecule has 0 radical (unpaired) electrons. The highest BCUT2D eigenvalue weighted by Gasteiger charge is 2.33. The Morgan fingerprint density at radius 2 is 1.69 bits per heavy atom. The SMILES string of the molecule is O=C(NCc1ccn2ccnc2c1)c1ccc(C2CCN(C(=O)C3CCS(=O)(=O)CC3)CC2)cc1. The van der Waals surface area contributed by atoms with Gasteiger partial charge in [0.05, 0.1) is 11.5 Å². The number of hydrogen-bond donors (Lipinski definition) is 1. The Morgan fingerprint density at radius 1 is 0.971 bits per heavy atom. The highest BCUT2D eigenvalue weighted by atomic mass is 32.2. The van der Waals surface area contributed by atoms with Gasteiger partial charge in [0.15, 0.2) is 0 Å². The number of fused-ring (bicyclic) bond motifs is 1. The molecule has 5 rings (SSSR count). The number of benzene rings is 1. The van der Waals surface area contributed by atoms with Gasteiger partial charge in [0.1, 0.15) is 15.5 Å². The van der Waals surface area contributed by atoms with Gasteiger partial charge in [-0.15, -0.1) is 0 Å². The van der Waals surface area contributed by atoms with Gasteiger partial charge < -0.3 is 14.6 Å². The first-order chi connectivity index (χ1) is 16.9. The predicted octanol–water partition coefficient (Wildman–Crippen LogP) is 2.80. The Balaban J connectivity index is 1.11. The molecule has 3 aromatic rings. The van der Waals surface area contributed by atoms with Gasteiger partial charge in [0.2, 0.25) is 5.91 Å². The van der Waals surface area contributed by atoms with Gasteiger partial charge >= 0.3 is 0 Å². The first-order valence-electron chi connectivity index (χ1n) is 12.2. The summed E-state index contributed by atoms with van der Waals surface area (Å²) in [5.41, 5.74) is 3.64. The van der Waals surface area contributed by atoms with E-state index in [1.54, 1.807) is 6.20 Å². The van der Waals surface area contributed by atoms with Crippen LogP contribution in [0.4, 0.5) is 0 Å². The highest BCUT2D eigenvalue weighted by Crippen LogP contribution is 2.30. The van der Waals surface area contributed by atoms with Crippen LogP contribution >= 0.6 is 0 Å². The molecule has 0 spiro atoms. The second-order valence-electron chi connectivity index (χ2n) is 9.56. The molecule has 2 saturated heterocycles. The molecular formula is C26H30N4O4S. The molecule has 4 heterocycles. The molecule has 9 heteroatoms. The summed E-state index contributed by atoms with van der Waals surface area (Å²) >= 11 is 0. The van der Waals surface area contributed by atoms with E-state index in [4.69, 9.17) is 0 Å². The fraction of sp³-hybridized carbons (Fsp3) is 0.423. The van der Waals surface area contributed by atoms with Crippen molar-refractivity contribution in [3.05, 3.63) is 71.7 Å². The van der Waals surface area contributed by atoms with E-state index in [9.17, 15) is 18.0 Å². The minimum Gasteiger partial charge on any atom is -0.348 e. The normalized spacial score (nSPS) is 19.0. The molecule has 2 aliphatic rings. The molecule has 1 aromatic carbocycles. The summed E-state index contributed by atoms with van der Waals surface area (Å²) in [6, 6.07) is 11.7. The molecule has 0 unspecified atom stereocenters. The van der Waals surface area contributed by atoms with Crippen LogP contribution in [0.1, 0.15) is 53.1 Å². The lowest BCUT2D eigenvalue weighted by atomic mass is 9.88. The Kier molecular flexibility index (Phi) is 6.60. The van der Waals surface area contributed by atoms with Gasteiger partial charge in [0.25, 0.3) is 5.91 Å². The molecule has 184 valence electrons. The number of rotatable bonds is 5. The van der Waals surface area contributed by atoms with Crippen molar-refractivity contribution in [3.63, 3.8) is 0 Å². The van der Waals surface area contributed by atoms with Crippen LogP contribution in [0.5, 0.6) is 0 Å². The third kappa shape index (κ3) is 5.40. The molecule has 0 aliphatic carbocycles. The zero-order valence-corrected chi connectivity index (χ0v) is 20.4. The highest BCUT2D eigenvalue weighted by molar-refractivity contribution is 7.91. The second-order valence-corrected chi connectivity index (χ2v) is 11.9. The molecular weight excluding hydrogens is 464 g/mol.